The maximum absolute atomic E-state index is 12.9. The lowest BCUT2D eigenvalue weighted by molar-refractivity contribution is 0.102. The lowest BCUT2D eigenvalue weighted by Crippen LogP contribution is -2.17. The Kier molecular flexibility index (Phi) is 4.11. The fourth-order valence-electron chi connectivity index (χ4n) is 3.01. The fourth-order valence-corrected chi connectivity index (χ4v) is 3.01. The van der Waals surface area contributed by atoms with Crippen molar-refractivity contribution in [3.63, 3.8) is 0 Å². The van der Waals surface area contributed by atoms with Crippen LogP contribution >= 0.6 is 0 Å². The highest BCUT2D eigenvalue weighted by atomic mass is 16.1. The maximum Gasteiger partial charge on any atom is 0.257 e. The summed E-state index contributed by atoms with van der Waals surface area (Å²) in [7, 11) is 1.98. The van der Waals surface area contributed by atoms with Crippen molar-refractivity contribution < 1.29 is 4.79 Å². The van der Waals surface area contributed by atoms with Gasteiger partial charge >= 0.3 is 0 Å². The highest BCUT2D eigenvalue weighted by Gasteiger charge is 2.15. The van der Waals surface area contributed by atoms with Crippen LogP contribution in [0.1, 0.15) is 10.4 Å². The Balaban J connectivity index is 1.67. The van der Waals surface area contributed by atoms with E-state index in [4.69, 9.17) is 0 Å². The number of nitrogens with one attached hydrogen (secondary N) is 2. The van der Waals surface area contributed by atoms with Crippen molar-refractivity contribution in [3.8, 4) is 0 Å². The summed E-state index contributed by atoms with van der Waals surface area (Å²) in [6, 6.07) is 23.4. The molecule has 1 amide bonds. The van der Waals surface area contributed by atoms with E-state index in [1.807, 2.05) is 78.7 Å². The number of hydrogen-bond donors (Lipinski definition) is 2. The molecule has 0 spiro atoms. The third-order valence-electron chi connectivity index (χ3n) is 4.38. The summed E-state index contributed by atoms with van der Waals surface area (Å²) in [5, 5.41) is 10.9. The number of para-hydroxylation sites is 4. The second-order valence-electron chi connectivity index (χ2n) is 6.01. The Labute approximate surface area is 151 Å². The molecule has 4 rings (SSSR count). The quantitative estimate of drug-likeness (QED) is 0.570. The van der Waals surface area contributed by atoms with Gasteiger partial charge in [0.15, 0.2) is 0 Å². The van der Waals surface area contributed by atoms with Crippen LogP contribution in [0.3, 0.4) is 0 Å². The van der Waals surface area contributed by atoms with E-state index < -0.39 is 0 Å². The van der Waals surface area contributed by atoms with Crippen LogP contribution in [-0.2, 0) is 0 Å². The van der Waals surface area contributed by atoms with E-state index in [9.17, 15) is 4.79 Å². The lowest BCUT2D eigenvalue weighted by Gasteiger charge is -2.22. The minimum Gasteiger partial charge on any atom is -0.343 e. The number of amides is 1. The zero-order valence-corrected chi connectivity index (χ0v) is 14.3. The molecule has 0 fully saturated rings. The second-order valence-corrected chi connectivity index (χ2v) is 6.01. The number of hydrogen-bond acceptors (Lipinski definition) is 3. The molecule has 128 valence electrons. The number of nitrogens with zero attached hydrogens (tertiary/aromatic N) is 2. The van der Waals surface area contributed by atoms with Crippen LogP contribution in [0.4, 0.5) is 17.1 Å². The number of carbonyl (C=O) groups is 1. The third-order valence-corrected chi connectivity index (χ3v) is 4.38. The monoisotopic (exact) mass is 342 g/mol. The molecule has 0 aliphatic rings. The van der Waals surface area contributed by atoms with Crippen LogP contribution in [0.25, 0.3) is 10.9 Å². The Hall–Kier alpha value is -3.60. The fraction of sp³-hybridized carbons (Fsp3) is 0.0476. The van der Waals surface area contributed by atoms with Gasteiger partial charge in [0.2, 0.25) is 0 Å². The van der Waals surface area contributed by atoms with Gasteiger partial charge < -0.3 is 10.2 Å². The molecule has 5 nitrogen and oxygen atoms in total. The van der Waals surface area contributed by atoms with Crippen LogP contribution in [-0.4, -0.2) is 23.2 Å². The highest BCUT2D eigenvalue weighted by molar-refractivity contribution is 6.12. The molecule has 0 bridgehead atoms. The first-order valence-corrected chi connectivity index (χ1v) is 8.35. The zero-order chi connectivity index (χ0) is 17.9. The number of aromatic nitrogens is 2. The number of anilines is 3. The van der Waals surface area contributed by atoms with Crippen LogP contribution in [0.2, 0.25) is 0 Å². The molecule has 4 aromatic rings. The predicted molar refractivity (Wildman–Crippen MR) is 105 cm³/mol. The molecule has 5 heteroatoms. The van der Waals surface area contributed by atoms with E-state index >= 15 is 0 Å². The predicted octanol–water partition coefficient (Wildman–Crippen LogP) is 4.58. The summed E-state index contributed by atoms with van der Waals surface area (Å²) in [5.41, 5.74) is 4.02. The number of carbonyl (C=O) groups excluding carboxylic acids is 1. The minimum atomic E-state index is -0.172. The van der Waals surface area contributed by atoms with Gasteiger partial charge in [0, 0.05) is 18.1 Å². The average molecular weight is 342 g/mol. The Bertz CT molecular complexity index is 1060. The van der Waals surface area contributed by atoms with Gasteiger partial charge in [-0.15, -0.1) is 0 Å². The summed E-state index contributed by atoms with van der Waals surface area (Å²) in [6.45, 7) is 0. The van der Waals surface area contributed by atoms with Crippen molar-refractivity contribution in [2.45, 2.75) is 0 Å². The number of H-pyrrole nitrogens is 1. The number of aromatic amines is 1. The van der Waals surface area contributed by atoms with Crippen molar-refractivity contribution in [3.05, 3.63) is 84.6 Å². The van der Waals surface area contributed by atoms with Gasteiger partial charge in [-0.05, 0) is 30.3 Å². The van der Waals surface area contributed by atoms with Gasteiger partial charge in [-0.1, -0.05) is 42.5 Å². The molecule has 0 unspecified atom stereocenters. The number of fused-ring (bicyclic) bond motifs is 1. The van der Waals surface area contributed by atoms with Crippen molar-refractivity contribution in [2.24, 2.45) is 0 Å². The van der Waals surface area contributed by atoms with Crippen LogP contribution in [0.15, 0.2) is 79.0 Å². The molecule has 3 aromatic carbocycles. The summed E-state index contributed by atoms with van der Waals surface area (Å²) < 4.78 is 0. The zero-order valence-electron chi connectivity index (χ0n) is 14.3. The Morgan fingerprint density at radius 3 is 2.58 bits per heavy atom. The van der Waals surface area contributed by atoms with E-state index in [0.29, 0.717) is 5.56 Å². The van der Waals surface area contributed by atoms with E-state index in [-0.39, 0.29) is 5.91 Å². The maximum atomic E-state index is 12.9. The van der Waals surface area contributed by atoms with Gasteiger partial charge in [0.05, 0.1) is 28.7 Å². The minimum absolute atomic E-state index is 0.172. The molecule has 1 heterocycles. The first-order valence-electron chi connectivity index (χ1n) is 8.35. The standard InChI is InChI=1S/C21H18N4O/c1-25(16-9-3-2-4-10-16)19-13-6-5-12-18(19)23-21(26)17-11-7-8-15-14-22-24-20(15)17/h2-14H,1H3,(H,22,24)(H,23,26). The van der Waals surface area contributed by atoms with E-state index in [1.54, 1.807) is 12.3 Å². The molecule has 0 saturated heterocycles. The van der Waals surface area contributed by atoms with Gasteiger partial charge in [-0.2, -0.15) is 5.10 Å². The molecule has 0 aliphatic heterocycles. The molecular weight excluding hydrogens is 324 g/mol. The molecule has 0 radical (unpaired) electrons. The van der Waals surface area contributed by atoms with Gasteiger partial charge in [-0.25, -0.2) is 0 Å². The Morgan fingerprint density at radius 1 is 0.962 bits per heavy atom. The summed E-state index contributed by atoms with van der Waals surface area (Å²) in [5.74, 6) is -0.172. The van der Waals surface area contributed by atoms with Crippen molar-refractivity contribution in [2.75, 3.05) is 17.3 Å². The highest BCUT2D eigenvalue weighted by Crippen LogP contribution is 2.31. The molecule has 0 aliphatic carbocycles. The summed E-state index contributed by atoms with van der Waals surface area (Å²) in [4.78, 5) is 14.9. The second kappa shape index (κ2) is 6.72. The molecule has 0 saturated carbocycles. The van der Waals surface area contributed by atoms with Crippen molar-refractivity contribution in [1.82, 2.24) is 10.2 Å². The third kappa shape index (κ3) is 2.91. The lowest BCUT2D eigenvalue weighted by atomic mass is 10.1. The molecule has 26 heavy (non-hydrogen) atoms. The van der Waals surface area contributed by atoms with Crippen LogP contribution in [0, 0.1) is 0 Å². The summed E-state index contributed by atoms with van der Waals surface area (Å²) in [6.07, 6.45) is 1.71. The van der Waals surface area contributed by atoms with E-state index in [1.165, 1.54) is 0 Å². The van der Waals surface area contributed by atoms with Gasteiger partial charge in [-0.3, -0.25) is 9.89 Å². The van der Waals surface area contributed by atoms with E-state index in [2.05, 4.69) is 15.5 Å². The molecule has 1 aromatic heterocycles. The largest absolute Gasteiger partial charge is 0.343 e. The summed E-state index contributed by atoms with van der Waals surface area (Å²) >= 11 is 0. The normalized spacial score (nSPS) is 10.7. The van der Waals surface area contributed by atoms with Gasteiger partial charge in [0.25, 0.3) is 5.91 Å². The first-order chi connectivity index (χ1) is 12.7. The Morgan fingerprint density at radius 2 is 1.73 bits per heavy atom. The number of rotatable bonds is 4. The topological polar surface area (TPSA) is 61.0 Å². The molecule has 2 N–H and O–H groups in total. The first kappa shape index (κ1) is 15.9. The van der Waals surface area contributed by atoms with Gasteiger partial charge in [0.1, 0.15) is 0 Å². The van der Waals surface area contributed by atoms with Crippen molar-refractivity contribution in [1.29, 1.82) is 0 Å². The van der Waals surface area contributed by atoms with Crippen LogP contribution in [0.5, 0.6) is 0 Å². The molecule has 0 atom stereocenters. The van der Waals surface area contributed by atoms with Crippen LogP contribution < -0.4 is 10.2 Å². The smallest absolute Gasteiger partial charge is 0.257 e. The van der Waals surface area contributed by atoms with Crippen molar-refractivity contribution >= 4 is 33.9 Å². The number of benzene rings is 3. The van der Waals surface area contributed by atoms with E-state index in [0.717, 1.165) is 28.0 Å². The average Bonchev–Trinajstić information content (AvgIpc) is 3.17. The SMILES string of the molecule is CN(c1ccccc1)c1ccccc1NC(=O)c1cccc2cn[nH]c12. The molecular formula is C21H18N4O.